The van der Waals surface area contributed by atoms with E-state index in [1.807, 2.05) is 6.07 Å². The minimum Gasteiger partial charge on any atom is -0.384 e. The lowest BCUT2D eigenvalue weighted by Gasteiger charge is -2.21. The van der Waals surface area contributed by atoms with E-state index in [-0.39, 0.29) is 11.6 Å². The number of anilines is 1. The molecule has 3 rings (SSSR count). The molecule has 2 aromatic carbocycles. The highest BCUT2D eigenvalue weighted by molar-refractivity contribution is 6.39. The number of hydrogen-bond donors (Lipinski definition) is 4. The molecular weight excluding hydrogens is 400 g/mol. The van der Waals surface area contributed by atoms with E-state index in [1.165, 1.54) is 0 Å². The summed E-state index contributed by atoms with van der Waals surface area (Å²) in [7, 11) is 0. The van der Waals surface area contributed by atoms with Crippen LogP contribution in [0.1, 0.15) is 51.1 Å². The Morgan fingerprint density at radius 1 is 0.733 bits per heavy atom. The van der Waals surface area contributed by atoms with Crippen LogP contribution in [0.15, 0.2) is 36.4 Å². The Morgan fingerprint density at radius 3 is 2.00 bits per heavy atom. The number of rotatable bonds is 12. The van der Waals surface area contributed by atoms with Crippen LogP contribution in [0.5, 0.6) is 0 Å². The molecule has 6 nitrogen and oxygen atoms in total. The summed E-state index contributed by atoms with van der Waals surface area (Å²) >= 11 is 6.19. The van der Waals surface area contributed by atoms with Gasteiger partial charge in [0.1, 0.15) is 0 Å². The van der Waals surface area contributed by atoms with Crippen LogP contribution in [0.3, 0.4) is 0 Å². The molecule has 2 aromatic rings. The number of carbonyl (C=O) groups is 2. The van der Waals surface area contributed by atoms with Crippen molar-refractivity contribution in [1.29, 1.82) is 0 Å². The highest BCUT2D eigenvalue weighted by Gasteiger charge is 2.32. The number of fused-ring (bicyclic) bond motifs is 2. The van der Waals surface area contributed by atoms with Gasteiger partial charge >= 0.3 is 0 Å². The minimum atomic E-state index is -0.199. The minimum absolute atomic E-state index is 0.162. The smallest absolute Gasteiger partial charge is 0.196 e. The third-order valence-electron chi connectivity index (χ3n) is 5.13. The summed E-state index contributed by atoms with van der Waals surface area (Å²) in [4.78, 5) is 26.0. The van der Waals surface area contributed by atoms with Gasteiger partial charge in [0.2, 0.25) is 0 Å². The zero-order chi connectivity index (χ0) is 21.3. The molecule has 5 N–H and O–H groups in total. The molecule has 0 aliphatic heterocycles. The maximum absolute atomic E-state index is 13.1. The van der Waals surface area contributed by atoms with Crippen molar-refractivity contribution in [2.24, 2.45) is 5.73 Å². The molecule has 0 saturated carbocycles. The lowest BCUT2D eigenvalue weighted by molar-refractivity contribution is 0.0979. The van der Waals surface area contributed by atoms with Gasteiger partial charge in [-0.3, -0.25) is 9.59 Å². The van der Waals surface area contributed by atoms with Crippen LogP contribution in [0.4, 0.5) is 5.69 Å². The molecule has 0 heterocycles. The zero-order valence-corrected chi connectivity index (χ0v) is 17.9. The van der Waals surface area contributed by atoms with E-state index >= 15 is 0 Å². The average molecular weight is 429 g/mol. The van der Waals surface area contributed by atoms with Gasteiger partial charge in [0.15, 0.2) is 11.6 Å². The van der Waals surface area contributed by atoms with Gasteiger partial charge in [-0.25, -0.2) is 0 Å². The van der Waals surface area contributed by atoms with Crippen molar-refractivity contribution < 1.29 is 9.59 Å². The summed E-state index contributed by atoms with van der Waals surface area (Å²) in [5, 5.41) is 10.4. The first-order chi connectivity index (χ1) is 14.6. The highest BCUT2D eigenvalue weighted by atomic mass is 35.5. The molecule has 0 saturated heterocycles. The summed E-state index contributed by atoms with van der Waals surface area (Å²) in [5.74, 6) is -0.360. The SMILES string of the molecule is NCCCNCCCNCCCNc1cccc2c1C(=O)c1cccc(Cl)c1C2=O. The number of benzene rings is 2. The van der Waals surface area contributed by atoms with Gasteiger partial charge in [-0.05, 0) is 64.1 Å². The molecule has 160 valence electrons. The first-order valence-corrected chi connectivity index (χ1v) is 10.9. The molecule has 0 bridgehead atoms. The van der Waals surface area contributed by atoms with Gasteiger partial charge < -0.3 is 21.7 Å². The van der Waals surface area contributed by atoms with E-state index < -0.39 is 0 Å². The Hall–Kier alpha value is -2.25. The van der Waals surface area contributed by atoms with Crippen molar-refractivity contribution in [2.75, 3.05) is 44.6 Å². The molecule has 1 aliphatic rings. The Bertz CT molecular complexity index is 901. The average Bonchev–Trinajstić information content (AvgIpc) is 2.75. The van der Waals surface area contributed by atoms with Crippen LogP contribution < -0.4 is 21.7 Å². The summed E-state index contributed by atoms with van der Waals surface area (Å²) in [6.45, 7) is 5.24. The summed E-state index contributed by atoms with van der Waals surface area (Å²) in [6, 6.07) is 10.3. The Kier molecular flexibility index (Phi) is 8.39. The van der Waals surface area contributed by atoms with Gasteiger partial charge in [0.25, 0.3) is 0 Å². The fraction of sp³-hybridized carbons (Fsp3) is 0.391. The Labute approximate surface area is 182 Å². The maximum Gasteiger partial charge on any atom is 0.196 e. The highest BCUT2D eigenvalue weighted by Crippen LogP contribution is 2.34. The lowest BCUT2D eigenvalue weighted by Crippen LogP contribution is -2.25. The maximum atomic E-state index is 13.1. The predicted octanol–water partition coefficient (Wildman–Crippen LogP) is 2.84. The van der Waals surface area contributed by atoms with Crippen LogP contribution in [0.2, 0.25) is 5.02 Å². The van der Waals surface area contributed by atoms with Gasteiger partial charge in [-0.1, -0.05) is 35.9 Å². The Balaban J connectivity index is 1.50. The second kappa shape index (κ2) is 11.2. The fourth-order valence-electron chi connectivity index (χ4n) is 3.60. The van der Waals surface area contributed by atoms with Crippen molar-refractivity contribution in [3.05, 3.63) is 63.7 Å². The molecule has 0 atom stereocenters. The zero-order valence-electron chi connectivity index (χ0n) is 17.1. The fourth-order valence-corrected chi connectivity index (χ4v) is 3.86. The second-order valence-corrected chi connectivity index (χ2v) is 7.73. The second-order valence-electron chi connectivity index (χ2n) is 7.32. The third kappa shape index (κ3) is 5.26. The first-order valence-electron chi connectivity index (χ1n) is 10.5. The number of hydrogen-bond acceptors (Lipinski definition) is 6. The van der Waals surface area contributed by atoms with Crippen LogP contribution in [0.25, 0.3) is 0 Å². The molecule has 0 aromatic heterocycles. The monoisotopic (exact) mass is 428 g/mol. The Morgan fingerprint density at radius 2 is 1.30 bits per heavy atom. The van der Waals surface area contributed by atoms with Crippen molar-refractivity contribution >= 4 is 28.9 Å². The summed E-state index contributed by atoms with van der Waals surface area (Å²) in [6.07, 6.45) is 2.99. The number of ketones is 2. The molecule has 0 radical (unpaired) electrons. The van der Waals surface area contributed by atoms with Gasteiger partial charge in [-0.15, -0.1) is 0 Å². The van der Waals surface area contributed by atoms with E-state index in [2.05, 4.69) is 16.0 Å². The third-order valence-corrected chi connectivity index (χ3v) is 5.45. The van der Waals surface area contributed by atoms with E-state index in [0.717, 1.165) is 52.0 Å². The quantitative estimate of drug-likeness (QED) is 0.331. The topological polar surface area (TPSA) is 96.2 Å². The van der Waals surface area contributed by atoms with Crippen LogP contribution >= 0.6 is 11.6 Å². The summed E-state index contributed by atoms with van der Waals surface area (Å²) < 4.78 is 0. The molecule has 0 fully saturated rings. The van der Waals surface area contributed by atoms with Gasteiger partial charge in [0, 0.05) is 23.4 Å². The number of halogens is 1. The molecule has 7 heteroatoms. The van der Waals surface area contributed by atoms with Crippen molar-refractivity contribution in [3.63, 3.8) is 0 Å². The first kappa shape index (κ1) is 22.4. The van der Waals surface area contributed by atoms with Crippen LogP contribution in [-0.4, -0.2) is 50.8 Å². The predicted molar refractivity (Wildman–Crippen MR) is 122 cm³/mol. The lowest BCUT2D eigenvalue weighted by atomic mass is 9.83. The largest absolute Gasteiger partial charge is 0.384 e. The number of nitrogens with one attached hydrogen (secondary N) is 3. The van der Waals surface area contributed by atoms with Crippen molar-refractivity contribution in [2.45, 2.75) is 19.3 Å². The van der Waals surface area contributed by atoms with Gasteiger partial charge in [-0.2, -0.15) is 0 Å². The van der Waals surface area contributed by atoms with Crippen LogP contribution in [0, 0.1) is 0 Å². The van der Waals surface area contributed by atoms with Crippen LogP contribution in [-0.2, 0) is 0 Å². The number of nitrogens with two attached hydrogens (primary N) is 1. The standard InChI is InChI=1S/C23H29ClN4O2/c24-18-8-1-6-16-20(18)22(29)17-7-2-9-19(21(17)23(16)30)28-15-5-14-27-13-4-12-26-11-3-10-25/h1-2,6-9,26-28H,3-5,10-15,25H2. The van der Waals surface area contributed by atoms with E-state index in [1.54, 1.807) is 30.3 Å². The summed E-state index contributed by atoms with van der Waals surface area (Å²) in [5.41, 5.74) is 7.67. The molecular formula is C23H29ClN4O2. The molecule has 0 spiro atoms. The molecule has 0 unspecified atom stereocenters. The van der Waals surface area contributed by atoms with Gasteiger partial charge in [0.05, 0.1) is 16.1 Å². The van der Waals surface area contributed by atoms with Crippen molar-refractivity contribution in [3.8, 4) is 0 Å². The molecule has 0 amide bonds. The molecule has 30 heavy (non-hydrogen) atoms. The number of carbonyl (C=O) groups excluding carboxylic acids is 2. The van der Waals surface area contributed by atoms with E-state index in [9.17, 15) is 9.59 Å². The van der Waals surface area contributed by atoms with Crippen molar-refractivity contribution in [1.82, 2.24) is 10.6 Å². The van der Waals surface area contributed by atoms with E-state index in [4.69, 9.17) is 17.3 Å². The normalized spacial score (nSPS) is 12.6. The molecule has 1 aliphatic carbocycles. The van der Waals surface area contributed by atoms with E-state index in [0.29, 0.717) is 39.5 Å².